The summed E-state index contributed by atoms with van der Waals surface area (Å²) < 4.78 is 0. The van der Waals surface area contributed by atoms with Crippen LogP contribution in [0.3, 0.4) is 0 Å². The Morgan fingerprint density at radius 1 is 1.29 bits per heavy atom. The van der Waals surface area contributed by atoms with Gasteiger partial charge in [0, 0.05) is 24.7 Å². The van der Waals surface area contributed by atoms with Crippen LogP contribution >= 0.6 is 0 Å². The number of anilines is 1. The summed E-state index contributed by atoms with van der Waals surface area (Å²) in [6.07, 6.45) is 2.82. The second-order valence-corrected chi connectivity index (χ2v) is 5.71. The largest absolute Gasteiger partial charge is 0.346 e. The van der Waals surface area contributed by atoms with Gasteiger partial charge in [0.25, 0.3) is 0 Å². The van der Waals surface area contributed by atoms with Gasteiger partial charge in [-0.25, -0.2) is 15.0 Å². The number of fused-ring (bicyclic) bond motifs is 1. The van der Waals surface area contributed by atoms with E-state index in [4.69, 9.17) is 5.26 Å². The van der Waals surface area contributed by atoms with Crippen molar-refractivity contribution in [3.8, 4) is 6.07 Å². The minimum absolute atomic E-state index is 0.440. The fraction of sp³-hybridized carbons (Fsp3) is 0.375. The Hall–Kier alpha value is -2.48. The Morgan fingerprint density at radius 2 is 2.14 bits per heavy atom. The van der Waals surface area contributed by atoms with Crippen LogP contribution in [0.25, 0.3) is 0 Å². The van der Waals surface area contributed by atoms with E-state index in [0.29, 0.717) is 11.6 Å². The Bertz CT molecular complexity index is 702. The van der Waals surface area contributed by atoms with Crippen LogP contribution in [0, 0.1) is 17.2 Å². The summed E-state index contributed by atoms with van der Waals surface area (Å²) in [5.74, 6) is 2.27. The lowest BCUT2D eigenvalue weighted by atomic mass is 10.1. The van der Waals surface area contributed by atoms with Crippen molar-refractivity contribution in [2.75, 3.05) is 4.90 Å². The molecule has 0 aromatic carbocycles. The average molecular weight is 279 g/mol. The lowest BCUT2D eigenvalue weighted by Gasteiger charge is -2.15. The summed E-state index contributed by atoms with van der Waals surface area (Å²) in [6, 6.07) is 7.58. The number of hydrogen-bond donors (Lipinski definition) is 0. The minimum Gasteiger partial charge on any atom is -0.346 e. The van der Waals surface area contributed by atoms with Crippen molar-refractivity contribution in [1.29, 1.82) is 5.26 Å². The van der Waals surface area contributed by atoms with Crippen molar-refractivity contribution >= 4 is 5.82 Å². The van der Waals surface area contributed by atoms with Gasteiger partial charge in [-0.2, -0.15) is 5.26 Å². The summed E-state index contributed by atoms with van der Waals surface area (Å²) in [5.41, 5.74) is 2.66. The maximum Gasteiger partial charge on any atom is 0.142 e. The lowest BCUT2D eigenvalue weighted by molar-refractivity contribution is 0.617. The molecule has 0 atom stereocenters. The molecule has 1 aliphatic rings. The molecule has 3 rings (SSSR count). The van der Waals surface area contributed by atoms with E-state index in [1.165, 1.54) is 0 Å². The van der Waals surface area contributed by atoms with Crippen LogP contribution in [0.1, 0.15) is 36.6 Å². The maximum atomic E-state index is 8.95. The summed E-state index contributed by atoms with van der Waals surface area (Å²) in [5, 5.41) is 8.95. The highest BCUT2D eigenvalue weighted by molar-refractivity contribution is 5.46. The minimum atomic E-state index is 0.440. The normalized spacial score (nSPS) is 13.3. The van der Waals surface area contributed by atoms with Crippen LogP contribution < -0.4 is 4.90 Å². The van der Waals surface area contributed by atoms with E-state index in [0.717, 1.165) is 42.4 Å². The number of nitriles is 1. The van der Waals surface area contributed by atoms with Crippen LogP contribution in [0.4, 0.5) is 5.82 Å². The number of pyridine rings is 1. The molecule has 0 amide bonds. The average Bonchev–Trinajstić information content (AvgIpc) is 2.90. The molecule has 0 N–H and O–H groups in total. The highest BCUT2D eigenvalue weighted by Crippen LogP contribution is 2.25. The Balaban J connectivity index is 1.82. The van der Waals surface area contributed by atoms with Crippen LogP contribution in [-0.2, 0) is 19.5 Å². The van der Waals surface area contributed by atoms with E-state index >= 15 is 0 Å². The van der Waals surface area contributed by atoms with Crippen molar-refractivity contribution in [1.82, 2.24) is 15.0 Å². The molecule has 0 fully saturated rings. The first-order chi connectivity index (χ1) is 10.2. The molecule has 2 aromatic heterocycles. The Labute approximate surface area is 124 Å². The molecule has 0 radical (unpaired) electrons. The molecule has 21 heavy (non-hydrogen) atoms. The predicted octanol–water partition coefficient (Wildman–Crippen LogP) is 2.46. The van der Waals surface area contributed by atoms with E-state index in [2.05, 4.69) is 39.8 Å². The molecular formula is C16H17N5. The van der Waals surface area contributed by atoms with E-state index in [9.17, 15) is 0 Å². The molecule has 106 valence electrons. The molecule has 2 aromatic rings. The zero-order chi connectivity index (χ0) is 14.8. The van der Waals surface area contributed by atoms with Gasteiger partial charge in [0.05, 0.1) is 12.2 Å². The Morgan fingerprint density at radius 3 is 2.90 bits per heavy atom. The quantitative estimate of drug-likeness (QED) is 0.863. The van der Waals surface area contributed by atoms with Crippen molar-refractivity contribution in [3.63, 3.8) is 0 Å². The molecular weight excluding hydrogens is 262 g/mol. The monoisotopic (exact) mass is 279 g/mol. The highest BCUT2D eigenvalue weighted by Gasteiger charge is 2.22. The third kappa shape index (κ3) is 2.84. The smallest absolute Gasteiger partial charge is 0.142 e. The number of hydrogen-bond acceptors (Lipinski definition) is 5. The summed E-state index contributed by atoms with van der Waals surface area (Å²) in [6.45, 7) is 5.81. The summed E-state index contributed by atoms with van der Waals surface area (Å²) >= 11 is 0. The zero-order valence-corrected chi connectivity index (χ0v) is 12.2. The van der Waals surface area contributed by atoms with Crippen molar-refractivity contribution in [2.45, 2.75) is 33.4 Å². The van der Waals surface area contributed by atoms with Gasteiger partial charge in [-0.15, -0.1) is 0 Å². The first-order valence-corrected chi connectivity index (χ1v) is 7.11. The van der Waals surface area contributed by atoms with E-state index in [-0.39, 0.29) is 0 Å². The van der Waals surface area contributed by atoms with E-state index in [1.807, 2.05) is 18.3 Å². The third-order valence-corrected chi connectivity index (χ3v) is 3.47. The Kier molecular flexibility index (Phi) is 3.53. The van der Waals surface area contributed by atoms with Gasteiger partial charge in [-0.1, -0.05) is 19.9 Å². The highest BCUT2D eigenvalue weighted by atomic mass is 15.2. The maximum absolute atomic E-state index is 8.95. The van der Waals surface area contributed by atoms with Crippen LogP contribution in [0.15, 0.2) is 24.4 Å². The fourth-order valence-corrected chi connectivity index (χ4v) is 2.48. The molecule has 0 saturated heterocycles. The van der Waals surface area contributed by atoms with Gasteiger partial charge in [0.15, 0.2) is 0 Å². The van der Waals surface area contributed by atoms with E-state index in [1.54, 1.807) is 6.07 Å². The zero-order valence-electron chi connectivity index (χ0n) is 12.2. The summed E-state index contributed by atoms with van der Waals surface area (Å²) in [4.78, 5) is 15.6. The van der Waals surface area contributed by atoms with Crippen molar-refractivity contribution < 1.29 is 0 Å². The predicted molar refractivity (Wildman–Crippen MR) is 79.4 cm³/mol. The van der Waals surface area contributed by atoms with Gasteiger partial charge in [0.2, 0.25) is 0 Å². The van der Waals surface area contributed by atoms with Crippen LogP contribution in [0.5, 0.6) is 0 Å². The first-order valence-electron chi connectivity index (χ1n) is 7.11. The number of rotatable bonds is 3. The van der Waals surface area contributed by atoms with Crippen LogP contribution in [-0.4, -0.2) is 15.0 Å². The topological polar surface area (TPSA) is 65.7 Å². The molecule has 3 heterocycles. The van der Waals surface area contributed by atoms with Crippen LogP contribution in [0.2, 0.25) is 0 Å². The molecule has 0 bridgehead atoms. The van der Waals surface area contributed by atoms with Crippen molar-refractivity contribution in [3.05, 3.63) is 47.2 Å². The van der Waals surface area contributed by atoms with Crippen molar-refractivity contribution in [2.24, 2.45) is 5.92 Å². The van der Waals surface area contributed by atoms with Gasteiger partial charge in [-0.3, -0.25) is 0 Å². The SMILES string of the molecule is CC(C)Cc1ncc2c(n1)CN(c1cccc(C#N)n1)C2. The first kappa shape index (κ1) is 13.5. The van der Waals surface area contributed by atoms with Gasteiger partial charge < -0.3 is 4.90 Å². The second-order valence-electron chi connectivity index (χ2n) is 5.71. The molecule has 0 unspecified atom stereocenters. The second kappa shape index (κ2) is 5.49. The van der Waals surface area contributed by atoms with E-state index < -0.39 is 0 Å². The molecule has 5 heteroatoms. The molecule has 5 nitrogen and oxygen atoms in total. The molecule has 0 aliphatic carbocycles. The number of aromatic nitrogens is 3. The molecule has 0 spiro atoms. The molecule has 0 saturated carbocycles. The van der Waals surface area contributed by atoms with Gasteiger partial charge in [0.1, 0.15) is 23.4 Å². The third-order valence-electron chi connectivity index (χ3n) is 3.47. The van der Waals surface area contributed by atoms with Gasteiger partial charge >= 0.3 is 0 Å². The standard InChI is InChI=1S/C16H17N5/c1-11(2)6-15-18-8-12-9-21(10-14(12)20-15)16-5-3-4-13(7-17)19-16/h3-5,8,11H,6,9-10H2,1-2H3. The fourth-order valence-electron chi connectivity index (χ4n) is 2.48. The molecule has 1 aliphatic heterocycles. The van der Waals surface area contributed by atoms with Gasteiger partial charge in [-0.05, 0) is 18.1 Å². The lowest BCUT2D eigenvalue weighted by Crippen LogP contribution is -2.16. The summed E-state index contributed by atoms with van der Waals surface area (Å²) in [7, 11) is 0. The number of nitrogens with zero attached hydrogens (tertiary/aromatic N) is 5.